The molecule has 3 atom stereocenters. The topological polar surface area (TPSA) is 132 Å². The van der Waals surface area contributed by atoms with Crippen LogP contribution in [0.25, 0.3) is 0 Å². The minimum Gasteiger partial charge on any atom is -0.457 e. The quantitative estimate of drug-likeness (QED) is 0.0238. The van der Waals surface area contributed by atoms with Gasteiger partial charge in [-0.25, -0.2) is 4.57 Å². The van der Waals surface area contributed by atoms with E-state index < -0.39 is 45.8 Å². The molecule has 0 aliphatic heterocycles. The van der Waals surface area contributed by atoms with E-state index in [0.29, 0.717) is 13.0 Å². The van der Waals surface area contributed by atoms with Crippen LogP contribution in [0.4, 0.5) is 0 Å². The summed E-state index contributed by atoms with van der Waals surface area (Å²) >= 11 is 0. The second-order valence-electron chi connectivity index (χ2n) is 14.3. The van der Waals surface area contributed by atoms with Crippen LogP contribution in [-0.4, -0.2) is 66.3 Å². The Morgan fingerprint density at radius 1 is 0.534 bits per heavy atom. The number of aliphatic hydroxyl groups is 2. The number of allylic oxidation sites excluding steroid dienone is 16. The predicted molar refractivity (Wildman–Crippen MR) is 242 cm³/mol. The fraction of sp³-hybridized carbons (Fsp3) is 0.646. The second-order valence-corrected chi connectivity index (χ2v) is 15.8. The number of hydrogen-bond donors (Lipinski definition) is 3. The van der Waals surface area contributed by atoms with Crippen molar-refractivity contribution < 1.29 is 43.0 Å². The third kappa shape index (κ3) is 43.0. The highest BCUT2D eigenvalue weighted by Gasteiger charge is 2.26. The van der Waals surface area contributed by atoms with Crippen molar-refractivity contribution in [2.24, 2.45) is 0 Å². The highest BCUT2D eigenvalue weighted by atomic mass is 31.2. The summed E-state index contributed by atoms with van der Waals surface area (Å²) in [7, 11) is -4.54. The van der Waals surface area contributed by atoms with Crippen LogP contribution in [0, 0.1) is 0 Å². The molecule has 10 heteroatoms. The lowest BCUT2D eigenvalue weighted by atomic mass is 10.1. The van der Waals surface area contributed by atoms with Crippen molar-refractivity contribution in [2.45, 2.75) is 167 Å². The third-order valence-corrected chi connectivity index (χ3v) is 9.72. The van der Waals surface area contributed by atoms with Crippen molar-refractivity contribution in [3.8, 4) is 0 Å². The molecule has 3 N–H and O–H groups in total. The molecule has 0 bridgehead atoms. The Morgan fingerprint density at radius 3 is 1.40 bits per heavy atom. The molecule has 0 radical (unpaired) electrons. The number of aliphatic hydroxyl groups excluding tert-OH is 2. The van der Waals surface area contributed by atoms with E-state index in [1.54, 1.807) is 0 Å². The zero-order chi connectivity index (χ0) is 42.5. The van der Waals surface area contributed by atoms with Crippen LogP contribution in [-0.2, 0) is 27.9 Å². The number of carbonyl (C=O) groups excluding carboxylic acids is 1. The number of hydrogen-bond acceptors (Lipinski definition) is 8. The molecule has 58 heavy (non-hydrogen) atoms. The van der Waals surface area contributed by atoms with Crippen LogP contribution < -0.4 is 0 Å². The predicted octanol–water partition coefficient (Wildman–Crippen LogP) is 12.5. The molecule has 0 aliphatic rings. The maximum Gasteiger partial charge on any atom is 0.472 e. The molecule has 3 unspecified atom stereocenters. The van der Waals surface area contributed by atoms with E-state index in [2.05, 4.69) is 111 Å². The number of phosphoric ester groups is 1. The zero-order valence-corrected chi connectivity index (χ0v) is 37.1. The largest absolute Gasteiger partial charge is 0.472 e. The Labute approximate surface area is 353 Å². The first kappa shape index (κ1) is 55.4. The Balaban J connectivity index is 4.25. The van der Waals surface area contributed by atoms with Crippen molar-refractivity contribution in [2.75, 3.05) is 33.0 Å². The van der Waals surface area contributed by atoms with Crippen LogP contribution in [0.2, 0.25) is 0 Å². The van der Waals surface area contributed by atoms with Crippen molar-refractivity contribution in [1.29, 1.82) is 0 Å². The monoisotopic (exact) mass is 833 g/mol. The van der Waals surface area contributed by atoms with Gasteiger partial charge in [0.05, 0.1) is 26.4 Å². The summed E-state index contributed by atoms with van der Waals surface area (Å²) in [6.07, 6.45) is 55.0. The molecule has 0 amide bonds. The van der Waals surface area contributed by atoms with E-state index in [9.17, 15) is 19.4 Å². The summed E-state index contributed by atoms with van der Waals surface area (Å²) in [5.74, 6) is -0.411. The van der Waals surface area contributed by atoms with Crippen LogP contribution in [0.5, 0.6) is 0 Å². The standard InChI is InChI=1S/C48H81O9P/c1-3-5-7-9-11-13-15-17-19-21-22-23-24-25-26-28-30-32-34-36-38-40-48(51)57-47(45-56-58(52,53)55-43-46(50)42-49)44-54-41-39-37-35-33-31-29-27-20-18-16-14-12-10-8-6-4-2/h5-8,11-14,17-20,22-23,25-26,46-47,49-50H,3-4,9-10,15-16,21,24,27-45H2,1-2H3,(H,52,53)/b7-5-,8-6-,13-11-,14-12-,19-17-,20-18-,23-22-,26-25-. The molecule has 0 aromatic carbocycles. The Hall–Kier alpha value is -2.62. The smallest absolute Gasteiger partial charge is 0.457 e. The molecule has 0 rings (SSSR count). The molecule has 9 nitrogen and oxygen atoms in total. The minimum absolute atomic E-state index is 0.0256. The number of rotatable bonds is 41. The molecule has 0 spiro atoms. The lowest BCUT2D eigenvalue weighted by molar-refractivity contribution is -0.154. The number of phosphoric acid groups is 1. The fourth-order valence-electron chi connectivity index (χ4n) is 5.45. The lowest BCUT2D eigenvalue weighted by Gasteiger charge is -2.20. The molecule has 0 saturated carbocycles. The maximum atomic E-state index is 12.6. The third-order valence-electron chi connectivity index (χ3n) is 8.77. The van der Waals surface area contributed by atoms with E-state index in [4.69, 9.17) is 23.6 Å². The summed E-state index contributed by atoms with van der Waals surface area (Å²) in [4.78, 5) is 22.6. The van der Waals surface area contributed by atoms with E-state index in [1.165, 1.54) is 19.3 Å². The molecule has 0 aromatic heterocycles. The number of carbonyl (C=O) groups is 1. The first-order chi connectivity index (χ1) is 28.3. The van der Waals surface area contributed by atoms with Gasteiger partial charge in [0.2, 0.25) is 0 Å². The van der Waals surface area contributed by atoms with Crippen LogP contribution in [0.3, 0.4) is 0 Å². The SMILES string of the molecule is CC/C=C\C/C=C\C/C=C\C/C=C\C/C=C\CCCCCCCC(=O)OC(COCCCCCCCC/C=C\C/C=C\C/C=C\CC)COP(=O)(O)OCC(O)CO. The van der Waals surface area contributed by atoms with Gasteiger partial charge in [0.25, 0.3) is 0 Å². The van der Waals surface area contributed by atoms with Gasteiger partial charge in [0, 0.05) is 13.0 Å². The average molecular weight is 833 g/mol. The van der Waals surface area contributed by atoms with Gasteiger partial charge in [-0.05, 0) is 89.9 Å². The molecule has 0 fully saturated rings. The average Bonchev–Trinajstić information content (AvgIpc) is 3.21. The normalized spacial score (nSPS) is 14.9. The minimum atomic E-state index is -4.54. The summed E-state index contributed by atoms with van der Waals surface area (Å²) < 4.78 is 33.4. The summed E-state index contributed by atoms with van der Waals surface area (Å²) in [6.45, 7) is 3.21. The number of ether oxygens (including phenoxy) is 2. The first-order valence-electron chi connectivity index (χ1n) is 22.2. The van der Waals surface area contributed by atoms with Crippen molar-refractivity contribution in [3.05, 3.63) is 97.2 Å². The van der Waals surface area contributed by atoms with E-state index in [1.807, 2.05) is 0 Å². The van der Waals surface area contributed by atoms with Crippen molar-refractivity contribution in [1.82, 2.24) is 0 Å². The van der Waals surface area contributed by atoms with Crippen LogP contribution in [0.1, 0.15) is 155 Å². The van der Waals surface area contributed by atoms with Gasteiger partial charge in [0.1, 0.15) is 12.2 Å². The van der Waals surface area contributed by atoms with Gasteiger partial charge in [-0.1, -0.05) is 156 Å². The molecule has 0 saturated heterocycles. The number of esters is 1. The second kappa shape index (κ2) is 43.9. The van der Waals surface area contributed by atoms with Gasteiger partial charge in [0.15, 0.2) is 0 Å². The van der Waals surface area contributed by atoms with E-state index >= 15 is 0 Å². The lowest BCUT2D eigenvalue weighted by Crippen LogP contribution is -2.29. The zero-order valence-electron chi connectivity index (χ0n) is 36.2. The van der Waals surface area contributed by atoms with Crippen molar-refractivity contribution >= 4 is 13.8 Å². The van der Waals surface area contributed by atoms with Crippen LogP contribution >= 0.6 is 7.82 Å². The summed E-state index contributed by atoms with van der Waals surface area (Å²) in [5, 5.41) is 18.4. The van der Waals surface area contributed by atoms with Gasteiger partial charge in [-0.15, -0.1) is 0 Å². The molecule has 332 valence electrons. The Bertz CT molecular complexity index is 1220. The summed E-state index contributed by atoms with van der Waals surface area (Å²) in [5.41, 5.74) is 0. The highest BCUT2D eigenvalue weighted by Crippen LogP contribution is 2.43. The van der Waals surface area contributed by atoms with E-state index in [0.717, 1.165) is 109 Å². The maximum absolute atomic E-state index is 12.6. The molecular weight excluding hydrogens is 751 g/mol. The van der Waals surface area contributed by atoms with Gasteiger partial charge >= 0.3 is 13.8 Å². The molecule has 0 aliphatic carbocycles. The molecular formula is C48H81O9P. The number of unbranched alkanes of at least 4 members (excludes halogenated alkanes) is 11. The first-order valence-corrected chi connectivity index (χ1v) is 23.7. The van der Waals surface area contributed by atoms with Crippen LogP contribution in [0.15, 0.2) is 97.2 Å². The molecule has 0 heterocycles. The fourth-order valence-corrected chi connectivity index (χ4v) is 6.24. The Kier molecular flexibility index (Phi) is 42.0. The van der Waals surface area contributed by atoms with Gasteiger partial charge < -0.3 is 24.6 Å². The molecule has 0 aromatic rings. The summed E-state index contributed by atoms with van der Waals surface area (Å²) in [6, 6.07) is 0. The van der Waals surface area contributed by atoms with E-state index in [-0.39, 0.29) is 13.0 Å². The van der Waals surface area contributed by atoms with Crippen molar-refractivity contribution in [3.63, 3.8) is 0 Å². The Morgan fingerprint density at radius 2 is 0.931 bits per heavy atom. The van der Waals surface area contributed by atoms with Gasteiger partial charge in [-0.3, -0.25) is 13.8 Å². The highest BCUT2D eigenvalue weighted by molar-refractivity contribution is 7.47. The van der Waals surface area contributed by atoms with Gasteiger partial charge in [-0.2, -0.15) is 0 Å².